The molecule has 0 radical (unpaired) electrons. The summed E-state index contributed by atoms with van der Waals surface area (Å²) in [6.07, 6.45) is 0. The molecule has 0 rings (SSSR count). The van der Waals surface area contributed by atoms with E-state index in [1.807, 2.05) is 0 Å². The van der Waals surface area contributed by atoms with E-state index >= 15 is 0 Å². The van der Waals surface area contributed by atoms with Crippen molar-refractivity contribution >= 4 is 23.7 Å². The van der Waals surface area contributed by atoms with E-state index < -0.39 is 0 Å². The fraction of sp³-hybridized carbons (Fsp3) is 0.600. The van der Waals surface area contributed by atoms with E-state index in [1.165, 1.54) is 0 Å². The Hall–Kier alpha value is -0.480. The van der Waals surface area contributed by atoms with Crippen molar-refractivity contribution in [3.63, 3.8) is 0 Å². The van der Waals surface area contributed by atoms with Crippen LogP contribution in [0.5, 0.6) is 0 Å². The van der Waals surface area contributed by atoms with Gasteiger partial charge in [0.1, 0.15) is 0 Å². The summed E-state index contributed by atoms with van der Waals surface area (Å²) >= 11 is 4.29. The number of likely N-dealkylation sites (N-methyl/N-ethyl adjacent to an activating group) is 1. The fourth-order valence-electron chi connectivity index (χ4n) is 0.349. The summed E-state index contributed by atoms with van der Waals surface area (Å²) in [4.78, 5) is 12.2. The first-order valence-corrected chi connectivity index (χ1v) is 2.92. The maximum absolute atomic E-state index is 10.5. The number of thiocarbonyl (C=S) groups is 1. The van der Waals surface area contributed by atoms with Crippen LogP contribution in [-0.4, -0.2) is 37.1 Å². The van der Waals surface area contributed by atoms with Crippen LogP contribution in [0.4, 0.5) is 0 Å². The number of carbonyl (C=O) groups excluding carboxylic acids is 1. The van der Waals surface area contributed by atoms with E-state index in [0.29, 0.717) is 0 Å². The number of hydrogen-bond donors (Lipinski definition) is 0. The molecule has 0 N–H and O–H groups in total. The minimum Gasteiger partial charge on any atom is -0.422 e. The van der Waals surface area contributed by atoms with Crippen LogP contribution in [0.3, 0.4) is 0 Å². The summed E-state index contributed by atoms with van der Waals surface area (Å²) in [5.74, 6) is -0.324. The molecule has 0 atom stereocenters. The predicted octanol–water partition coefficient (Wildman–Crippen LogP) is 0.0484. The van der Waals surface area contributed by atoms with Gasteiger partial charge in [0.2, 0.25) is 0 Å². The maximum Gasteiger partial charge on any atom is 0.325 e. The number of rotatable bonds is 3. The molecule has 52 valence electrons. The third kappa shape index (κ3) is 5.39. The van der Waals surface area contributed by atoms with Crippen molar-refractivity contribution in [2.24, 2.45) is 0 Å². The van der Waals surface area contributed by atoms with E-state index in [9.17, 15) is 4.79 Å². The van der Waals surface area contributed by atoms with Crippen LogP contribution >= 0.6 is 12.2 Å². The highest BCUT2D eigenvalue weighted by Crippen LogP contribution is 1.77. The minimum absolute atomic E-state index is 0.271. The van der Waals surface area contributed by atoms with Gasteiger partial charge in [0, 0.05) is 0 Å². The Balaban J connectivity index is 3.38. The number of esters is 1. The zero-order chi connectivity index (χ0) is 7.28. The average molecular weight is 147 g/mol. The second-order valence-corrected chi connectivity index (χ2v) is 2.02. The zero-order valence-corrected chi connectivity index (χ0v) is 6.27. The summed E-state index contributed by atoms with van der Waals surface area (Å²) in [7, 11) is 3.56. The first-order chi connectivity index (χ1) is 4.16. The molecule has 0 saturated carbocycles. The quantitative estimate of drug-likeness (QED) is 0.416. The summed E-state index contributed by atoms with van der Waals surface area (Å²) < 4.78 is 4.36. The maximum atomic E-state index is 10.5. The Morgan fingerprint density at radius 1 is 1.78 bits per heavy atom. The zero-order valence-electron chi connectivity index (χ0n) is 5.46. The van der Waals surface area contributed by atoms with Gasteiger partial charge >= 0.3 is 5.97 Å². The van der Waals surface area contributed by atoms with Crippen LogP contribution in [0, 0.1) is 0 Å². The molecule has 3 nitrogen and oxygen atoms in total. The molecule has 0 aromatic carbocycles. The summed E-state index contributed by atoms with van der Waals surface area (Å²) in [6.45, 7) is 0.271. The second kappa shape index (κ2) is 4.40. The number of carbonyl (C=O) groups is 1. The highest BCUT2D eigenvalue weighted by Gasteiger charge is 2.00. The van der Waals surface area contributed by atoms with Crippen molar-refractivity contribution in [3.8, 4) is 0 Å². The number of hydrogen-bond acceptors (Lipinski definition) is 4. The highest BCUT2D eigenvalue weighted by molar-refractivity contribution is 7.78. The van der Waals surface area contributed by atoms with Crippen LogP contribution in [0.25, 0.3) is 0 Å². The van der Waals surface area contributed by atoms with Crippen molar-refractivity contribution < 1.29 is 9.53 Å². The smallest absolute Gasteiger partial charge is 0.325 e. The predicted molar refractivity (Wildman–Crippen MR) is 38.3 cm³/mol. The van der Waals surface area contributed by atoms with Crippen LogP contribution in [0.15, 0.2) is 0 Å². The average Bonchev–Trinajstić information content (AvgIpc) is 1.63. The monoisotopic (exact) mass is 147 g/mol. The molecule has 9 heavy (non-hydrogen) atoms. The van der Waals surface area contributed by atoms with Crippen LogP contribution in [0.2, 0.25) is 0 Å². The number of ether oxygens (including phenoxy) is 1. The Bertz CT molecular complexity index is 114. The van der Waals surface area contributed by atoms with Crippen molar-refractivity contribution in [3.05, 3.63) is 0 Å². The highest BCUT2D eigenvalue weighted by atomic mass is 32.1. The van der Waals surface area contributed by atoms with Gasteiger partial charge in [-0.15, -0.1) is 0 Å². The molecule has 0 aliphatic carbocycles. The topological polar surface area (TPSA) is 29.5 Å². The van der Waals surface area contributed by atoms with Gasteiger partial charge in [0.25, 0.3) is 0 Å². The molecule has 0 aliphatic rings. The van der Waals surface area contributed by atoms with Crippen molar-refractivity contribution in [2.45, 2.75) is 0 Å². The number of nitrogens with zero attached hydrogens (tertiary/aromatic N) is 1. The van der Waals surface area contributed by atoms with Crippen molar-refractivity contribution in [1.29, 1.82) is 0 Å². The van der Waals surface area contributed by atoms with E-state index in [0.717, 1.165) is 5.55 Å². The lowest BCUT2D eigenvalue weighted by molar-refractivity contribution is -0.135. The summed E-state index contributed by atoms with van der Waals surface area (Å²) in [6, 6.07) is 0. The van der Waals surface area contributed by atoms with Crippen LogP contribution in [0.1, 0.15) is 0 Å². The third-order valence-electron chi connectivity index (χ3n) is 0.625. The lowest BCUT2D eigenvalue weighted by Gasteiger charge is -2.05. The van der Waals surface area contributed by atoms with Gasteiger partial charge in [-0.3, -0.25) is 9.69 Å². The Morgan fingerprint density at radius 3 is 2.67 bits per heavy atom. The normalized spacial score (nSPS) is 9.22. The Labute approximate surface area is 59.6 Å². The van der Waals surface area contributed by atoms with E-state index in [1.54, 1.807) is 19.0 Å². The lowest BCUT2D eigenvalue weighted by Crippen LogP contribution is -2.22. The molecule has 0 aromatic rings. The second-order valence-electron chi connectivity index (χ2n) is 1.82. The van der Waals surface area contributed by atoms with E-state index in [4.69, 9.17) is 0 Å². The van der Waals surface area contributed by atoms with Crippen LogP contribution < -0.4 is 0 Å². The summed E-state index contributed by atoms with van der Waals surface area (Å²) in [5, 5.41) is 0. The van der Waals surface area contributed by atoms with Crippen molar-refractivity contribution in [2.75, 3.05) is 20.6 Å². The SMILES string of the molecule is CN(C)CC(=O)OC=S. The van der Waals surface area contributed by atoms with Crippen molar-refractivity contribution in [1.82, 2.24) is 4.90 Å². The van der Waals surface area contributed by atoms with Crippen LogP contribution in [-0.2, 0) is 9.53 Å². The standard InChI is InChI=1S/C5H9NO2S/c1-6(2)3-5(7)8-4-9/h4H,3H2,1-2H3. The summed E-state index contributed by atoms with van der Waals surface area (Å²) in [5.41, 5.74) is 0.964. The third-order valence-corrected chi connectivity index (χ3v) is 0.721. The van der Waals surface area contributed by atoms with Gasteiger partial charge in [-0.05, 0) is 26.3 Å². The van der Waals surface area contributed by atoms with E-state index in [2.05, 4.69) is 17.0 Å². The Kier molecular flexibility index (Phi) is 4.17. The molecular formula is C5H9NO2S. The lowest BCUT2D eigenvalue weighted by atomic mass is 10.6. The molecule has 0 unspecified atom stereocenters. The largest absolute Gasteiger partial charge is 0.422 e. The molecule has 0 fully saturated rings. The first kappa shape index (κ1) is 8.52. The molecule has 0 saturated heterocycles. The molecule has 4 heteroatoms. The van der Waals surface area contributed by atoms with Gasteiger partial charge in [-0.2, -0.15) is 0 Å². The first-order valence-electron chi connectivity index (χ1n) is 2.44. The Morgan fingerprint density at radius 2 is 2.33 bits per heavy atom. The molecule has 0 bridgehead atoms. The molecule has 0 spiro atoms. The molecular weight excluding hydrogens is 138 g/mol. The van der Waals surface area contributed by atoms with Gasteiger partial charge < -0.3 is 4.74 Å². The fourth-order valence-corrected chi connectivity index (χ4v) is 0.456. The molecule has 0 heterocycles. The molecule has 0 aromatic heterocycles. The van der Waals surface area contributed by atoms with Gasteiger partial charge in [0.05, 0.1) is 6.54 Å². The van der Waals surface area contributed by atoms with Gasteiger partial charge in [-0.25, -0.2) is 0 Å². The van der Waals surface area contributed by atoms with Gasteiger partial charge in [-0.1, -0.05) is 0 Å². The molecule has 0 aliphatic heterocycles. The minimum atomic E-state index is -0.324. The molecule has 0 amide bonds. The van der Waals surface area contributed by atoms with Gasteiger partial charge in [0.15, 0.2) is 5.55 Å². The van der Waals surface area contributed by atoms with E-state index in [-0.39, 0.29) is 12.5 Å².